The number of nitrogens with zero attached hydrogens (tertiary/aromatic N) is 2. The minimum atomic E-state index is -1.68. The van der Waals surface area contributed by atoms with Crippen molar-refractivity contribution >= 4 is 11.8 Å². The molecule has 2 amide bonds. The Labute approximate surface area is 158 Å². The average molecular weight is 392 g/mol. The van der Waals surface area contributed by atoms with E-state index >= 15 is 0 Å². The number of rotatable bonds is 2. The van der Waals surface area contributed by atoms with E-state index in [0.717, 1.165) is 6.07 Å². The molecule has 2 aliphatic rings. The Bertz CT molecular complexity index is 958. The summed E-state index contributed by atoms with van der Waals surface area (Å²) in [7, 11) is 0. The first kappa shape index (κ1) is 18.1. The lowest BCUT2D eigenvalue weighted by Crippen LogP contribution is -2.50. The van der Waals surface area contributed by atoms with E-state index in [1.54, 1.807) is 23.1 Å². The minimum Gasteiger partial charge on any atom is -0.454 e. The maximum atomic E-state index is 13.9. The highest BCUT2D eigenvalue weighted by molar-refractivity contribution is 5.96. The van der Waals surface area contributed by atoms with E-state index in [4.69, 9.17) is 9.47 Å². The molecule has 0 spiro atoms. The number of piperazine rings is 1. The van der Waals surface area contributed by atoms with Crippen LogP contribution in [0.15, 0.2) is 30.3 Å². The number of carbonyl (C=O) groups is 2. The van der Waals surface area contributed by atoms with Gasteiger partial charge in [-0.3, -0.25) is 9.59 Å². The van der Waals surface area contributed by atoms with Crippen molar-refractivity contribution < 1.29 is 32.2 Å². The zero-order chi connectivity index (χ0) is 19.8. The Morgan fingerprint density at radius 3 is 2.14 bits per heavy atom. The first-order valence-corrected chi connectivity index (χ1v) is 8.57. The molecule has 0 atom stereocenters. The molecule has 0 unspecified atom stereocenters. The van der Waals surface area contributed by atoms with Crippen LogP contribution in [0.1, 0.15) is 20.7 Å². The fraction of sp³-hybridized carbons (Fsp3) is 0.263. The van der Waals surface area contributed by atoms with Crippen molar-refractivity contribution in [2.45, 2.75) is 0 Å². The highest BCUT2D eigenvalue weighted by Crippen LogP contribution is 2.33. The summed E-state index contributed by atoms with van der Waals surface area (Å²) < 4.78 is 50.8. The average Bonchev–Trinajstić information content (AvgIpc) is 3.19. The van der Waals surface area contributed by atoms with Gasteiger partial charge in [0.25, 0.3) is 11.8 Å². The van der Waals surface area contributed by atoms with Gasteiger partial charge >= 0.3 is 0 Å². The van der Waals surface area contributed by atoms with E-state index in [0.29, 0.717) is 23.1 Å². The van der Waals surface area contributed by atoms with Crippen LogP contribution in [-0.4, -0.2) is 54.6 Å². The normalized spacial score (nSPS) is 15.7. The van der Waals surface area contributed by atoms with Crippen LogP contribution in [-0.2, 0) is 0 Å². The molecule has 28 heavy (non-hydrogen) atoms. The molecule has 0 aromatic heterocycles. The van der Waals surface area contributed by atoms with Crippen molar-refractivity contribution in [2.75, 3.05) is 33.0 Å². The van der Waals surface area contributed by atoms with E-state index in [2.05, 4.69) is 0 Å². The van der Waals surface area contributed by atoms with Gasteiger partial charge in [0.2, 0.25) is 6.79 Å². The summed E-state index contributed by atoms with van der Waals surface area (Å²) in [5, 5.41) is 0. The van der Waals surface area contributed by atoms with E-state index in [1.807, 2.05) is 0 Å². The molecule has 6 nitrogen and oxygen atoms in total. The summed E-state index contributed by atoms with van der Waals surface area (Å²) in [5.74, 6) is -4.45. The van der Waals surface area contributed by atoms with E-state index in [1.165, 1.54) is 4.90 Å². The van der Waals surface area contributed by atoms with E-state index in [-0.39, 0.29) is 38.9 Å². The second-order valence-electron chi connectivity index (χ2n) is 6.38. The second kappa shape index (κ2) is 7.06. The summed E-state index contributed by atoms with van der Waals surface area (Å²) in [6, 6.07) is 6.51. The van der Waals surface area contributed by atoms with Crippen molar-refractivity contribution in [3.8, 4) is 11.5 Å². The summed E-state index contributed by atoms with van der Waals surface area (Å²) in [4.78, 5) is 27.9. The molecular formula is C19H15F3N2O4. The Hall–Kier alpha value is -3.23. The number of halogens is 3. The Morgan fingerprint density at radius 2 is 1.43 bits per heavy atom. The molecule has 2 aromatic carbocycles. The smallest absolute Gasteiger partial charge is 0.257 e. The number of hydrogen-bond donors (Lipinski definition) is 0. The lowest BCUT2D eigenvalue weighted by molar-refractivity contribution is 0.0532. The van der Waals surface area contributed by atoms with Crippen molar-refractivity contribution in [1.82, 2.24) is 9.80 Å². The van der Waals surface area contributed by atoms with E-state index in [9.17, 15) is 22.8 Å². The molecule has 1 saturated heterocycles. The molecule has 0 aliphatic carbocycles. The van der Waals surface area contributed by atoms with Crippen LogP contribution in [0.4, 0.5) is 13.2 Å². The number of ether oxygens (including phenoxy) is 2. The minimum absolute atomic E-state index is 0.105. The van der Waals surface area contributed by atoms with Gasteiger partial charge in [0.1, 0.15) is 0 Å². The molecule has 0 radical (unpaired) electrons. The molecule has 2 aromatic rings. The Balaban J connectivity index is 1.42. The van der Waals surface area contributed by atoms with Crippen molar-refractivity contribution in [2.24, 2.45) is 0 Å². The lowest BCUT2D eigenvalue weighted by atomic mass is 10.1. The number of fused-ring (bicyclic) bond motifs is 1. The molecule has 4 rings (SSSR count). The number of hydrogen-bond acceptors (Lipinski definition) is 4. The largest absolute Gasteiger partial charge is 0.454 e. The summed E-state index contributed by atoms with van der Waals surface area (Å²) in [6.45, 7) is 0.851. The molecular weight excluding hydrogens is 377 g/mol. The zero-order valence-electron chi connectivity index (χ0n) is 14.6. The first-order valence-electron chi connectivity index (χ1n) is 8.57. The summed E-state index contributed by atoms with van der Waals surface area (Å²) in [6.07, 6.45) is 0. The van der Waals surface area contributed by atoms with Gasteiger partial charge in [0.15, 0.2) is 29.0 Å². The van der Waals surface area contributed by atoms with Crippen LogP contribution in [0.3, 0.4) is 0 Å². The van der Waals surface area contributed by atoms with Gasteiger partial charge in [-0.25, -0.2) is 13.2 Å². The Kier molecular flexibility index (Phi) is 4.58. The third-order valence-electron chi connectivity index (χ3n) is 4.74. The van der Waals surface area contributed by atoms with Crippen molar-refractivity contribution in [1.29, 1.82) is 0 Å². The quantitative estimate of drug-likeness (QED) is 0.737. The monoisotopic (exact) mass is 392 g/mol. The third kappa shape index (κ3) is 3.12. The summed E-state index contributed by atoms with van der Waals surface area (Å²) in [5.41, 5.74) is -0.106. The van der Waals surface area contributed by atoms with Crippen molar-refractivity contribution in [3.63, 3.8) is 0 Å². The van der Waals surface area contributed by atoms with Gasteiger partial charge in [-0.15, -0.1) is 0 Å². The van der Waals surface area contributed by atoms with Gasteiger partial charge in [0.05, 0.1) is 5.56 Å². The maximum absolute atomic E-state index is 13.9. The van der Waals surface area contributed by atoms with Gasteiger partial charge in [0, 0.05) is 31.7 Å². The third-order valence-corrected chi connectivity index (χ3v) is 4.74. The predicted octanol–water partition coefficient (Wildman–Crippen LogP) is 2.43. The van der Waals surface area contributed by atoms with Crippen LogP contribution < -0.4 is 9.47 Å². The van der Waals surface area contributed by atoms with Gasteiger partial charge in [-0.2, -0.15) is 0 Å². The second-order valence-corrected chi connectivity index (χ2v) is 6.38. The van der Waals surface area contributed by atoms with Crippen LogP contribution in [0.2, 0.25) is 0 Å². The topological polar surface area (TPSA) is 59.1 Å². The fourth-order valence-corrected chi connectivity index (χ4v) is 3.19. The molecule has 2 aliphatic heterocycles. The summed E-state index contributed by atoms with van der Waals surface area (Å²) >= 11 is 0. The maximum Gasteiger partial charge on any atom is 0.257 e. The van der Waals surface area contributed by atoms with Gasteiger partial charge < -0.3 is 19.3 Å². The highest BCUT2D eigenvalue weighted by atomic mass is 19.2. The van der Waals surface area contributed by atoms with Crippen LogP contribution >= 0.6 is 0 Å². The molecule has 9 heteroatoms. The predicted molar refractivity (Wildman–Crippen MR) is 90.7 cm³/mol. The number of amides is 2. The van der Waals surface area contributed by atoms with Crippen LogP contribution in [0.25, 0.3) is 0 Å². The van der Waals surface area contributed by atoms with Gasteiger partial charge in [-0.05, 0) is 30.3 Å². The SMILES string of the molecule is O=C(c1ccc2c(c1)OCO2)N1CCN(C(=O)c2ccc(F)c(F)c2F)CC1. The highest BCUT2D eigenvalue weighted by Gasteiger charge is 2.29. The molecule has 146 valence electrons. The lowest BCUT2D eigenvalue weighted by Gasteiger charge is -2.35. The molecule has 2 heterocycles. The zero-order valence-corrected chi connectivity index (χ0v) is 14.6. The Morgan fingerprint density at radius 1 is 0.786 bits per heavy atom. The number of benzene rings is 2. The fourth-order valence-electron chi connectivity index (χ4n) is 3.19. The molecule has 0 N–H and O–H groups in total. The van der Waals surface area contributed by atoms with Crippen LogP contribution in [0.5, 0.6) is 11.5 Å². The molecule has 0 bridgehead atoms. The number of carbonyl (C=O) groups excluding carboxylic acids is 2. The van der Waals surface area contributed by atoms with Gasteiger partial charge in [-0.1, -0.05) is 0 Å². The van der Waals surface area contributed by atoms with E-state index < -0.39 is 28.9 Å². The molecule has 1 fully saturated rings. The molecule has 0 saturated carbocycles. The van der Waals surface area contributed by atoms with Crippen molar-refractivity contribution in [3.05, 3.63) is 58.9 Å². The standard InChI is InChI=1S/C19H15F3N2O4/c20-13-3-2-12(16(21)17(13)22)19(26)24-7-5-23(6-8-24)18(25)11-1-4-14-15(9-11)28-10-27-14/h1-4,9H,5-8,10H2. The van der Waals surface area contributed by atoms with Crippen LogP contribution in [0, 0.1) is 17.5 Å². The first-order chi connectivity index (χ1) is 13.5.